The van der Waals surface area contributed by atoms with Gasteiger partial charge in [0.05, 0.1) is 5.92 Å². The summed E-state index contributed by atoms with van der Waals surface area (Å²) < 4.78 is 6.08. The standard InChI is InChI=1S/C33H32N4O3/c1-22-11-16-28(23(2)21-22)35-33(39)34-24-12-14-25(15-13-24)36-17-19-37(20-18-36)32(38)31-26-7-3-5-9-29(26)40-30-10-6-4-8-27(30)31/h3-16,21,31H,17-20H2,1-2H3,(H2,34,35,39). The predicted molar refractivity (Wildman–Crippen MR) is 159 cm³/mol. The smallest absolute Gasteiger partial charge is 0.323 e. The van der Waals surface area contributed by atoms with Crippen LogP contribution in [-0.4, -0.2) is 43.0 Å². The molecule has 202 valence electrons. The Morgan fingerprint density at radius 1 is 0.750 bits per heavy atom. The minimum atomic E-state index is -0.368. The van der Waals surface area contributed by atoms with Crippen molar-refractivity contribution in [2.45, 2.75) is 19.8 Å². The highest BCUT2D eigenvalue weighted by atomic mass is 16.5. The Balaban J connectivity index is 1.08. The summed E-state index contributed by atoms with van der Waals surface area (Å²) in [6.07, 6.45) is 0. The number of piperazine rings is 1. The number of hydrogen-bond donors (Lipinski definition) is 2. The third kappa shape index (κ3) is 5.10. The summed E-state index contributed by atoms with van der Waals surface area (Å²) >= 11 is 0. The van der Waals surface area contributed by atoms with Crippen molar-refractivity contribution in [3.05, 3.63) is 113 Å². The van der Waals surface area contributed by atoms with Crippen LogP contribution in [0.2, 0.25) is 0 Å². The largest absolute Gasteiger partial charge is 0.457 e. The van der Waals surface area contributed by atoms with Crippen molar-refractivity contribution in [1.82, 2.24) is 4.90 Å². The maximum absolute atomic E-state index is 13.8. The number of urea groups is 1. The molecule has 7 nitrogen and oxygen atoms in total. The third-order valence-corrected chi connectivity index (χ3v) is 7.64. The van der Waals surface area contributed by atoms with Crippen LogP contribution in [0.5, 0.6) is 11.5 Å². The van der Waals surface area contributed by atoms with Gasteiger partial charge >= 0.3 is 6.03 Å². The molecular formula is C33H32N4O3. The number of hydrogen-bond acceptors (Lipinski definition) is 4. The maximum atomic E-state index is 13.8. The highest BCUT2D eigenvalue weighted by molar-refractivity contribution is 6.00. The van der Waals surface area contributed by atoms with E-state index in [-0.39, 0.29) is 17.9 Å². The Morgan fingerprint density at radius 2 is 1.38 bits per heavy atom. The van der Waals surface area contributed by atoms with Crippen LogP contribution in [0.15, 0.2) is 91.0 Å². The molecule has 0 radical (unpaired) electrons. The minimum absolute atomic E-state index is 0.109. The van der Waals surface area contributed by atoms with Crippen LogP contribution < -0.4 is 20.3 Å². The zero-order valence-corrected chi connectivity index (χ0v) is 22.7. The van der Waals surface area contributed by atoms with E-state index in [9.17, 15) is 9.59 Å². The van der Waals surface area contributed by atoms with Crippen LogP contribution >= 0.6 is 0 Å². The molecule has 7 heteroatoms. The molecule has 2 N–H and O–H groups in total. The van der Waals surface area contributed by atoms with Crippen molar-refractivity contribution in [1.29, 1.82) is 0 Å². The van der Waals surface area contributed by atoms with Crippen LogP contribution in [0.3, 0.4) is 0 Å². The number of amides is 3. The molecule has 0 bridgehead atoms. The topological polar surface area (TPSA) is 73.9 Å². The number of carbonyl (C=O) groups is 2. The number of anilines is 3. The lowest BCUT2D eigenvalue weighted by Crippen LogP contribution is -2.50. The van der Waals surface area contributed by atoms with Gasteiger partial charge in [0.1, 0.15) is 11.5 Å². The minimum Gasteiger partial charge on any atom is -0.457 e. The van der Waals surface area contributed by atoms with E-state index in [2.05, 4.69) is 15.5 Å². The van der Waals surface area contributed by atoms with Gasteiger partial charge in [0.25, 0.3) is 0 Å². The van der Waals surface area contributed by atoms with Crippen molar-refractivity contribution >= 4 is 29.0 Å². The number of para-hydroxylation sites is 2. The Kier molecular flexibility index (Phi) is 6.86. The average Bonchev–Trinajstić information content (AvgIpc) is 2.97. The molecule has 1 fully saturated rings. The lowest BCUT2D eigenvalue weighted by molar-refractivity contribution is -0.132. The van der Waals surface area contributed by atoms with Gasteiger partial charge in [-0.25, -0.2) is 4.79 Å². The van der Waals surface area contributed by atoms with Gasteiger partial charge in [0, 0.05) is 54.4 Å². The summed E-state index contributed by atoms with van der Waals surface area (Å²) in [5.74, 6) is 1.23. The first-order valence-corrected chi connectivity index (χ1v) is 13.6. The van der Waals surface area contributed by atoms with Crippen molar-refractivity contribution in [3.8, 4) is 11.5 Å². The van der Waals surface area contributed by atoms with E-state index >= 15 is 0 Å². The summed E-state index contributed by atoms with van der Waals surface area (Å²) in [5.41, 5.74) is 6.58. The van der Waals surface area contributed by atoms with Gasteiger partial charge in [-0.2, -0.15) is 0 Å². The van der Waals surface area contributed by atoms with E-state index in [1.54, 1.807) is 0 Å². The maximum Gasteiger partial charge on any atom is 0.323 e. The van der Waals surface area contributed by atoms with E-state index < -0.39 is 0 Å². The summed E-state index contributed by atoms with van der Waals surface area (Å²) in [5, 5.41) is 5.82. The Labute approximate surface area is 234 Å². The fraction of sp³-hybridized carbons (Fsp3) is 0.212. The summed E-state index contributed by atoms with van der Waals surface area (Å²) in [6, 6.07) is 29.1. The molecule has 0 aromatic heterocycles. The van der Waals surface area contributed by atoms with Gasteiger partial charge < -0.3 is 25.2 Å². The van der Waals surface area contributed by atoms with Crippen molar-refractivity contribution in [2.75, 3.05) is 41.7 Å². The molecule has 4 aromatic rings. The van der Waals surface area contributed by atoms with E-state index in [1.165, 1.54) is 0 Å². The molecule has 40 heavy (non-hydrogen) atoms. The third-order valence-electron chi connectivity index (χ3n) is 7.64. The van der Waals surface area contributed by atoms with Crippen molar-refractivity contribution in [2.24, 2.45) is 0 Å². The first kappa shape index (κ1) is 25.5. The summed E-state index contributed by atoms with van der Waals surface area (Å²) in [6.45, 7) is 6.75. The first-order valence-electron chi connectivity index (χ1n) is 13.6. The van der Waals surface area contributed by atoms with E-state index in [0.717, 1.165) is 63.9 Å². The molecule has 6 rings (SSSR count). The lowest BCUT2D eigenvalue weighted by Gasteiger charge is -2.38. The van der Waals surface area contributed by atoms with Gasteiger partial charge in [-0.05, 0) is 61.9 Å². The van der Waals surface area contributed by atoms with E-state index in [4.69, 9.17) is 4.74 Å². The van der Waals surface area contributed by atoms with Crippen molar-refractivity contribution in [3.63, 3.8) is 0 Å². The molecule has 0 aliphatic carbocycles. The van der Waals surface area contributed by atoms with Crippen LogP contribution in [0, 0.1) is 13.8 Å². The highest BCUT2D eigenvalue weighted by Crippen LogP contribution is 2.44. The molecule has 4 aromatic carbocycles. The number of aryl methyl sites for hydroxylation is 2. The molecule has 2 aliphatic heterocycles. The predicted octanol–water partition coefficient (Wildman–Crippen LogP) is 6.53. The fourth-order valence-electron chi connectivity index (χ4n) is 5.54. The molecular weight excluding hydrogens is 500 g/mol. The summed E-state index contributed by atoms with van der Waals surface area (Å²) in [7, 11) is 0. The van der Waals surface area contributed by atoms with Gasteiger partial charge in [0.15, 0.2) is 0 Å². The first-order chi connectivity index (χ1) is 19.5. The quantitative estimate of drug-likeness (QED) is 0.313. The molecule has 0 saturated carbocycles. The number of fused-ring (bicyclic) bond motifs is 2. The molecule has 2 aliphatic rings. The second-order valence-corrected chi connectivity index (χ2v) is 10.4. The van der Waals surface area contributed by atoms with Crippen LogP contribution in [0.4, 0.5) is 21.9 Å². The number of carbonyl (C=O) groups excluding carboxylic acids is 2. The zero-order chi connectivity index (χ0) is 27.6. The number of benzene rings is 4. The lowest BCUT2D eigenvalue weighted by atomic mass is 9.86. The number of ether oxygens (including phenoxy) is 1. The van der Waals surface area contributed by atoms with Gasteiger partial charge in [-0.15, -0.1) is 0 Å². The Morgan fingerprint density at radius 3 is 2.00 bits per heavy atom. The number of rotatable bonds is 4. The Hall–Kier alpha value is -4.78. The molecule has 0 spiro atoms. The SMILES string of the molecule is Cc1ccc(NC(=O)Nc2ccc(N3CCN(C(=O)C4c5ccccc5Oc5ccccc54)CC3)cc2)c(C)c1. The molecule has 2 heterocycles. The van der Waals surface area contributed by atoms with Crippen LogP contribution in [-0.2, 0) is 4.79 Å². The monoisotopic (exact) mass is 532 g/mol. The van der Waals surface area contributed by atoms with E-state index in [1.807, 2.05) is 110 Å². The second kappa shape index (κ2) is 10.8. The van der Waals surface area contributed by atoms with Gasteiger partial charge in [0.2, 0.25) is 5.91 Å². The van der Waals surface area contributed by atoms with Crippen LogP contribution in [0.1, 0.15) is 28.2 Å². The van der Waals surface area contributed by atoms with Crippen LogP contribution in [0.25, 0.3) is 0 Å². The Bertz CT molecular complexity index is 1510. The number of nitrogens with zero attached hydrogens (tertiary/aromatic N) is 2. The zero-order valence-electron chi connectivity index (χ0n) is 22.7. The van der Waals surface area contributed by atoms with E-state index in [0.29, 0.717) is 13.1 Å². The average molecular weight is 533 g/mol. The second-order valence-electron chi connectivity index (χ2n) is 10.4. The molecule has 3 amide bonds. The molecule has 0 unspecified atom stereocenters. The normalized spacial score (nSPS) is 14.6. The van der Waals surface area contributed by atoms with Gasteiger partial charge in [-0.1, -0.05) is 54.1 Å². The van der Waals surface area contributed by atoms with Gasteiger partial charge in [-0.3, -0.25) is 4.79 Å². The molecule has 1 saturated heterocycles. The summed E-state index contributed by atoms with van der Waals surface area (Å²) in [4.78, 5) is 30.6. The fourth-order valence-corrected chi connectivity index (χ4v) is 5.54. The number of nitrogens with one attached hydrogen (secondary N) is 2. The highest BCUT2D eigenvalue weighted by Gasteiger charge is 2.36. The molecule has 0 atom stereocenters. The van der Waals surface area contributed by atoms with Crippen molar-refractivity contribution < 1.29 is 14.3 Å².